The quantitative estimate of drug-likeness (QED) is 0.596. The molecule has 2 aliphatic heterocycles. The van der Waals surface area contributed by atoms with Crippen LogP contribution >= 0.6 is 0 Å². The van der Waals surface area contributed by atoms with Crippen LogP contribution in [0, 0.1) is 11.8 Å². The van der Waals surface area contributed by atoms with E-state index >= 15 is 0 Å². The number of hydrogen-bond acceptors (Lipinski definition) is 4. The normalized spacial score (nSPS) is 29.8. The monoisotopic (exact) mass is 316 g/mol. The average Bonchev–Trinajstić information content (AvgIpc) is 2.54. The molecule has 0 aromatic heterocycles. The fourth-order valence-electron chi connectivity index (χ4n) is 3.12. The summed E-state index contributed by atoms with van der Waals surface area (Å²) in [6.07, 6.45) is 2.00. The van der Waals surface area contributed by atoms with Crippen LogP contribution in [-0.2, 0) is 19.4 Å². The molecule has 2 heterocycles. The highest BCUT2D eigenvalue weighted by molar-refractivity contribution is 7.91. The Balaban J connectivity index is 2.03. The van der Waals surface area contributed by atoms with E-state index in [9.17, 15) is 18.0 Å². The van der Waals surface area contributed by atoms with Crippen LogP contribution in [0.4, 0.5) is 0 Å². The lowest BCUT2D eigenvalue weighted by Gasteiger charge is -2.32. The van der Waals surface area contributed by atoms with Crippen LogP contribution in [0.2, 0.25) is 0 Å². The molecule has 2 unspecified atom stereocenters. The number of carbonyl (C=O) groups excluding carboxylic acids is 2. The van der Waals surface area contributed by atoms with Crippen LogP contribution in [0.1, 0.15) is 26.7 Å². The van der Waals surface area contributed by atoms with Crippen molar-refractivity contribution in [2.24, 2.45) is 11.8 Å². The van der Waals surface area contributed by atoms with Crippen LogP contribution in [0.25, 0.3) is 0 Å². The van der Waals surface area contributed by atoms with E-state index in [1.807, 2.05) is 0 Å². The summed E-state index contributed by atoms with van der Waals surface area (Å²) < 4.78 is 23.5. The molecule has 2 fully saturated rings. The van der Waals surface area contributed by atoms with Crippen molar-refractivity contribution in [3.05, 3.63) is 0 Å². The number of carbonyl (C=O) groups is 2. The maximum absolute atomic E-state index is 12.4. The lowest BCUT2D eigenvalue weighted by Crippen LogP contribution is -2.49. The zero-order chi connectivity index (χ0) is 15.6. The maximum Gasteiger partial charge on any atom is 0.312 e. The molecule has 6 nitrogen and oxygen atoms in total. The summed E-state index contributed by atoms with van der Waals surface area (Å²) >= 11 is 0. The molecule has 2 amide bonds. The number of piperidine rings is 1. The number of amides is 2. The van der Waals surface area contributed by atoms with Crippen LogP contribution in [-0.4, -0.2) is 67.7 Å². The third kappa shape index (κ3) is 4.18. The van der Waals surface area contributed by atoms with Gasteiger partial charge in [0.15, 0.2) is 9.84 Å². The maximum atomic E-state index is 12.4. The first-order valence-electron chi connectivity index (χ1n) is 7.57. The predicted molar refractivity (Wildman–Crippen MR) is 79.4 cm³/mol. The lowest BCUT2D eigenvalue weighted by atomic mass is 10.0. The van der Waals surface area contributed by atoms with E-state index < -0.39 is 21.7 Å². The fraction of sp³-hybridized carbons (Fsp3) is 0.857. The van der Waals surface area contributed by atoms with Gasteiger partial charge in [0, 0.05) is 26.2 Å². The minimum Gasteiger partial charge on any atom is -0.334 e. The molecule has 0 aromatic carbocycles. The largest absolute Gasteiger partial charge is 0.334 e. The summed E-state index contributed by atoms with van der Waals surface area (Å²) in [5.74, 6) is -0.701. The molecular formula is C14H24N2O4S. The lowest BCUT2D eigenvalue weighted by molar-refractivity contribution is -0.152. The first-order chi connectivity index (χ1) is 9.78. The minimum atomic E-state index is -3.11. The Morgan fingerprint density at radius 2 is 1.52 bits per heavy atom. The number of nitrogens with zero attached hydrogens (tertiary/aromatic N) is 2. The molecule has 2 rings (SSSR count). The first kappa shape index (κ1) is 16.3. The molecule has 0 bridgehead atoms. The molecule has 21 heavy (non-hydrogen) atoms. The van der Waals surface area contributed by atoms with Crippen molar-refractivity contribution >= 4 is 21.7 Å². The third-order valence-electron chi connectivity index (χ3n) is 4.16. The van der Waals surface area contributed by atoms with E-state index in [0.717, 1.165) is 12.8 Å². The molecule has 7 heteroatoms. The summed E-state index contributed by atoms with van der Waals surface area (Å²) in [5, 5.41) is 0. The highest BCUT2D eigenvalue weighted by atomic mass is 32.2. The van der Waals surface area contributed by atoms with Crippen molar-refractivity contribution in [3.8, 4) is 0 Å². The van der Waals surface area contributed by atoms with Gasteiger partial charge in [-0.15, -0.1) is 0 Å². The molecule has 0 radical (unpaired) electrons. The van der Waals surface area contributed by atoms with Gasteiger partial charge in [0.05, 0.1) is 11.5 Å². The van der Waals surface area contributed by atoms with Gasteiger partial charge in [0.25, 0.3) is 0 Å². The Morgan fingerprint density at radius 1 is 0.952 bits per heavy atom. The van der Waals surface area contributed by atoms with Crippen LogP contribution in [0.5, 0.6) is 0 Å². The van der Waals surface area contributed by atoms with E-state index in [4.69, 9.17) is 0 Å². The Hall–Kier alpha value is -1.11. The number of hydrogen-bond donors (Lipinski definition) is 0. The van der Waals surface area contributed by atoms with E-state index in [2.05, 4.69) is 6.92 Å². The van der Waals surface area contributed by atoms with Gasteiger partial charge in [0.2, 0.25) is 0 Å². The van der Waals surface area contributed by atoms with Crippen molar-refractivity contribution in [1.82, 2.24) is 9.80 Å². The Labute approximate surface area is 126 Å². The Morgan fingerprint density at radius 3 is 2.14 bits per heavy atom. The van der Waals surface area contributed by atoms with Gasteiger partial charge >= 0.3 is 11.8 Å². The predicted octanol–water partition coefficient (Wildman–Crippen LogP) is 0.138. The van der Waals surface area contributed by atoms with Gasteiger partial charge in [-0.1, -0.05) is 13.8 Å². The molecular weight excluding hydrogens is 292 g/mol. The minimum absolute atomic E-state index is 0.0488. The molecule has 120 valence electrons. The molecule has 0 N–H and O–H groups in total. The molecule has 0 spiro atoms. The second-order valence-corrected chi connectivity index (χ2v) is 8.70. The van der Waals surface area contributed by atoms with E-state index in [0.29, 0.717) is 25.6 Å². The van der Waals surface area contributed by atoms with Crippen molar-refractivity contribution in [3.63, 3.8) is 0 Å². The molecule has 2 atom stereocenters. The topological polar surface area (TPSA) is 74.8 Å². The van der Waals surface area contributed by atoms with Crippen LogP contribution in [0.3, 0.4) is 0 Å². The van der Waals surface area contributed by atoms with Gasteiger partial charge in [-0.2, -0.15) is 0 Å². The number of rotatable bonds is 0. The first-order valence-corrected chi connectivity index (χ1v) is 9.39. The van der Waals surface area contributed by atoms with Gasteiger partial charge in [0.1, 0.15) is 0 Å². The van der Waals surface area contributed by atoms with Crippen molar-refractivity contribution in [2.75, 3.05) is 37.7 Å². The third-order valence-corrected chi connectivity index (χ3v) is 6.04. The highest BCUT2D eigenvalue weighted by Gasteiger charge is 2.33. The van der Waals surface area contributed by atoms with Gasteiger partial charge in [-0.05, 0) is 24.7 Å². The summed E-state index contributed by atoms with van der Waals surface area (Å²) in [7, 11) is -3.11. The van der Waals surface area contributed by atoms with Gasteiger partial charge < -0.3 is 9.80 Å². The highest BCUT2D eigenvalue weighted by Crippen LogP contribution is 2.17. The zero-order valence-corrected chi connectivity index (χ0v) is 13.6. The molecule has 0 saturated carbocycles. The van der Waals surface area contributed by atoms with E-state index in [-0.39, 0.29) is 24.0 Å². The Bertz CT molecular complexity index is 517. The van der Waals surface area contributed by atoms with Crippen molar-refractivity contribution < 1.29 is 18.0 Å². The van der Waals surface area contributed by atoms with Gasteiger partial charge in [-0.3, -0.25) is 9.59 Å². The molecule has 2 saturated heterocycles. The Kier molecular flexibility index (Phi) is 4.91. The summed E-state index contributed by atoms with van der Waals surface area (Å²) in [5.41, 5.74) is 0. The number of likely N-dealkylation sites (tertiary alicyclic amines) is 1. The molecule has 0 aliphatic carbocycles. The molecule has 0 aromatic rings. The van der Waals surface area contributed by atoms with Crippen molar-refractivity contribution in [1.29, 1.82) is 0 Å². The van der Waals surface area contributed by atoms with Crippen LogP contribution in [0.15, 0.2) is 0 Å². The second kappa shape index (κ2) is 6.34. The van der Waals surface area contributed by atoms with Crippen molar-refractivity contribution in [2.45, 2.75) is 26.7 Å². The van der Waals surface area contributed by atoms with Crippen LogP contribution < -0.4 is 0 Å². The van der Waals surface area contributed by atoms with Gasteiger partial charge in [-0.25, -0.2) is 8.42 Å². The summed E-state index contributed by atoms with van der Waals surface area (Å²) in [6.45, 7) is 5.58. The standard InChI is InChI=1S/C14H24N2O4S/c1-11-4-3-5-15(8-11)13(17)14(18)16-6-7-21(19,20)10-12(2)9-16/h11-12H,3-10H2,1-2H3. The zero-order valence-electron chi connectivity index (χ0n) is 12.7. The van der Waals surface area contributed by atoms with E-state index in [1.165, 1.54) is 4.90 Å². The fourth-order valence-corrected chi connectivity index (χ4v) is 4.75. The second-order valence-electron chi connectivity index (χ2n) is 6.47. The van der Waals surface area contributed by atoms with E-state index in [1.54, 1.807) is 11.8 Å². The average molecular weight is 316 g/mol. The number of sulfone groups is 1. The SMILES string of the molecule is CC1CCCN(C(=O)C(=O)N2CCS(=O)(=O)CC(C)C2)C1. The summed E-state index contributed by atoms with van der Waals surface area (Å²) in [6, 6.07) is 0. The smallest absolute Gasteiger partial charge is 0.312 e. The molecule has 2 aliphatic rings. The summed E-state index contributed by atoms with van der Waals surface area (Å²) in [4.78, 5) is 27.7.